The van der Waals surface area contributed by atoms with E-state index in [1.165, 1.54) is 5.56 Å². The lowest BCUT2D eigenvalue weighted by molar-refractivity contribution is -0.121. The van der Waals surface area contributed by atoms with E-state index in [1.807, 2.05) is 18.2 Å². The Kier molecular flexibility index (Phi) is 5.04. The molecule has 1 fully saturated rings. The lowest BCUT2D eigenvalue weighted by atomic mass is 9.96. The van der Waals surface area contributed by atoms with Crippen LogP contribution in [-0.4, -0.2) is 47.1 Å². The number of H-pyrrole nitrogens is 1. The normalized spacial score (nSPS) is 17.2. The Labute approximate surface area is 175 Å². The molecule has 7 heteroatoms. The smallest absolute Gasteiger partial charge is 0.227 e. The fraction of sp³-hybridized carbons (Fsp3) is 0.391. The number of piperidine rings is 1. The molecule has 0 bridgehead atoms. The molecule has 0 radical (unpaired) electrons. The molecule has 1 amide bonds. The lowest BCUT2D eigenvalue weighted by Gasteiger charge is -2.30. The summed E-state index contributed by atoms with van der Waals surface area (Å²) in [4.78, 5) is 23.2. The van der Waals surface area contributed by atoms with Gasteiger partial charge in [-0.15, -0.1) is 0 Å². The number of nitrogens with one attached hydrogen (secondary N) is 2. The van der Waals surface area contributed by atoms with Crippen LogP contribution in [-0.2, 0) is 11.3 Å². The Balaban J connectivity index is 1.15. The van der Waals surface area contributed by atoms with Crippen molar-refractivity contribution in [3.8, 4) is 11.5 Å². The molecule has 2 aliphatic heterocycles. The zero-order valence-corrected chi connectivity index (χ0v) is 17.1. The van der Waals surface area contributed by atoms with E-state index < -0.39 is 0 Å². The van der Waals surface area contributed by atoms with Crippen molar-refractivity contribution in [2.45, 2.75) is 26.3 Å². The Morgan fingerprint density at radius 2 is 1.93 bits per heavy atom. The number of rotatable bonds is 4. The number of carbonyl (C=O) groups excluding carboxylic acids is 1. The Morgan fingerprint density at radius 3 is 2.77 bits per heavy atom. The summed E-state index contributed by atoms with van der Waals surface area (Å²) < 4.78 is 11.1. The first kappa shape index (κ1) is 18.9. The molecule has 0 atom stereocenters. The number of amides is 1. The maximum absolute atomic E-state index is 12.7. The van der Waals surface area contributed by atoms with Gasteiger partial charge in [0.15, 0.2) is 11.5 Å². The van der Waals surface area contributed by atoms with Crippen molar-refractivity contribution in [2.75, 3.05) is 31.6 Å². The molecule has 0 unspecified atom stereocenters. The van der Waals surface area contributed by atoms with Gasteiger partial charge in [-0.05, 0) is 62.7 Å². The van der Waals surface area contributed by atoms with Gasteiger partial charge in [-0.3, -0.25) is 9.69 Å². The summed E-state index contributed by atoms with van der Waals surface area (Å²) in [6.45, 7) is 5.73. The van der Waals surface area contributed by atoms with Crippen molar-refractivity contribution in [1.82, 2.24) is 14.9 Å². The molecule has 0 spiro atoms. The van der Waals surface area contributed by atoms with Crippen LogP contribution in [0.5, 0.6) is 11.5 Å². The van der Waals surface area contributed by atoms with Crippen LogP contribution in [0.25, 0.3) is 11.0 Å². The summed E-state index contributed by atoms with van der Waals surface area (Å²) in [6.07, 6.45) is 1.69. The van der Waals surface area contributed by atoms with Crippen LogP contribution in [0.15, 0.2) is 36.4 Å². The van der Waals surface area contributed by atoms with Crippen LogP contribution in [0.3, 0.4) is 0 Å². The Hall–Kier alpha value is -3.06. The van der Waals surface area contributed by atoms with Crippen LogP contribution in [0.2, 0.25) is 0 Å². The Morgan fingerprint density at radius 1 is 1.13 bits per heavy atom. The van der Waals surface area contributed by atoms with Gasteiger partial charge in [-0.1, -0.05) is 6.07 Å². The van der Waals surface area contributed by atoms with Gasteiger partial charge in [0.1, 0.15) is 19.0 Å². The number of fused-ring (bicyclic) bond motifs is 2. The van der Waals surface area contributed by atoms with E-state index >= 15 is 0 Å². The predicted molar refractivity (Wildman–Crippen MR) is 115 cm³/mol. The molecule has 3 heterocycles. The van der Waals surface area contributed by atoms with Crippen molar-refractivity contribution >= 4 is 22.6 Å². The number of ether oxygens (including phenoxy) is 2. The van der Waals surface area contributed by atoms with E-state index in [-0.39, 0.29) is 11.8 Å². The van der Waals surface area contributed by atoms with Gasteiger partial charge in [0.2, 0.25) is 5.91 Å². The van der Waals surface area contributed by atoms with Gasteiger partial charge < -0.3 is 19.8 Å². The first-order valence-electron chi connectivity index (χ1n) is 10.5. The largest absolute Gasteiger partial charge is 0.486 e. The number of nitrogens with zero attached hydrogens (tertiary/aromatic N) is 2. The van der Waals surface area contributed by atoms with E-state index in [0.29, 0.717) is 19.0 Å². The number of carbonyl (C=O) groups is 1. The molecule has 3 aromatic rings. The van der Waals surface area contributed by atoms with E-state index in [4.69, 9.17) is 14.5 Å². The van der Waals surface area contributed by atoms with Crippen LogP contribution < -0.4 is 14.8 Å². The lowest BCUT2D eigenvalue weighted by Crippen LogP contribution is -2.38. The second kappa shape index (κ2) is 7.99. The number of hydrogen-bond donors (Lipinski definition) is 2. The highest BCUT2D eigenvalue weighted by Gasteiger charge is 2.26. The minimum absolute atomic E-state index is 0.0211. The summed E-state index contributed by atoms with van der Waals surface area (Å²) in [5, 5.41) is 3.04. The van der Waals surface area contributed by atoms with Gasteiger partial charge >= 0.3 is 0 Å². The van der Waals surface area contributed by atoms with Crippen molar-refractivity contribution in [1.29, 1.82) is 0 Å². The van der Waals surface area contributed by atoms with Crippen LogP contribution in [0.4, 0.5) is 5.69 Å². The summed E-state index contributed by atoms with van der Waals surface area (Å²) >= 11 is 0. The molecule has 5 rings (SSSR count). The number of aromatic nitrogens is 2. The Bertz CT molecular complexity index is 1070. The minimum atomic E-state index is 0.0211. The fourth-order valence-corrected chi connectivity index (χ4v) is 4.18. The molecule has 156 valence electrons. The zero-order valence-electron chi connectivity index (χ0n) is 17.1. The summed E-state index contributed by atoms with van der Waals surface area (Å²) in [5.41, 5.74) is 4.06. The van der Waals surface area contributed by atoms with Gasteiger partial charge in [-0.25, -0.2) is 4.98 Å². The third-order valence-electron chi connectivity index (χ3n) is 5.83. The SMILES string of the molecule is Cc1ccc2nc(CN3CCC(C(=O)Nc4ccc5c(c4)OCCO5)CC3)[nH]c2c1. The first-order chi connectivity index (χ1) is 14.6. The topological polar surface area (TPSA) is 79.5 Å². The highest BCUT2D eigenvalue weighted by atomic mass is 16.6. The molecular weight excluding hydrogens is 380 g/mol. The second-order valence-corrected chi connectivity index (χ2v) is 8.10. The highest BCUT2D eigenvalue weighted by Crippen LogP contribution is 2.33. The third-order valence-corrected chi connectivity index (χ3v) is 5.83. The number of likely N-dealkylation sites (tertiary alicyclic amines) is 1. The van der Waals surface area contributed by atoms with Crippen molar-refractivity contribution in [2.24, 2.45) is 5.92 Å². The summed E-state index contributed by atoms with van der Waals surface area (Å²) in [6, 6.07) is 11.8. The van der Waals surface area contributed by atoms with Crippen molar-refractivity contribution < 1.29 is 14.3 Å². The molecule has 1 saturated heterocycles. The standard InChI is InChI=1S/C23H26N4O3/c1-15-2-4-18-19(12-15)26-22(25-18)14-27-8-6-16(7-9-27)23(28)24-17-3-5-20-21(13-17)30-11-10-29-20/h2-5,12-13,16H,6-11,14H2,1H3,(H,24,28)(H,25,26). The van der Waals surface area contributed by atoms with Gasteiger partial charge in [0.25, 0.3) is 0 Å². The molecule has 2 aromatic carbocycles. The predicted octanol–water partition coefficient (Wildman–Crippen LogP) is 3.49. The van der Waals surface area contributed by atoms with Gasteiger partial charge in [0, 0.05) is 17.7 Å². The molecule has 2 aliphatic rings. The average Bonchev–Trinajstić information content (AvgIpc) is 3.15. The molecule has 0 aliphatic carbocycles. The average molecular weight is 406 g/mol. The second-order valence-electron chi connectivity index (χ2n) is 8.10. The molecule has 30 heavy (non-hydrogen) atoms. The number of aromatic amines is 1. The summed E-state index contributed by atoms with van der Waals surface area (Å²) in [5.74, 6) is 2.50. The maximum Gasteiger partial charge on any atom is 0.227 e. The first-order valence-corrected chi connectivity index (χ1v) is 10.5. The number of imidazole rings is 1. The van der Waals surface area contributed by atoms with Crippen LogP contribution in [0, 0.1) is 12.8 Å². The zero-order chi connectivity index (χ0) is 20.5. The highest BCUT2D eigenvalue weighted by molar-refractivity contribution is 5.93. The monoisotopic (exact) mass is 406 g/mol. The van der Waals surface area contributed by atoms with Crippen molar-refractivity contribution in [3.63, 3.8) is 0 Å². The number of benzene rings is 2. The van der Waals surface area contributed by atoms with E-state index in [2.05, 4.69) is 40.3 Å². The number of aryl methyl sites for hydroxylation is 1. The third kappa shape index (κ3) is 3.98. The molecule has 7 nitrogen and oxygen atoms in total. The van der Waals surface area contributed by atoms with Crippen LogP contribution >= 0.6 is 0 Å². The van der Waals surface area contributed by atoms with Gasteiger partial charge in [0.05, 0.1) is 17.6 Å². The fourth-order valence-electron chi connectivity index (χ4n) is 4.18. The molecule has 2 N–H and O–H groups in total. The maximum atomic E-state index is 12.7. The molecule has 0 saturated carbocycles. The quantitative estimate of drug-likeness (QED) is 0.693. The molecular formula is C23H26N4O3. The minimum Gasteiger partial charge on any atom is -0.486 e. The van der Waals surface area contributed by atoms with Gasteiger partial charge in [-0.2, -0.15) is 0 Å². The number of anilines is 1. The van der Waals surface area contributed by atoms with E-state index in [0.717, 1.165) is 60.8 Å². The van der Waals surface area contributed by atoms with E-state index in [1.54, 1.807) is 0 Å². The van der Waals surface area contributed by atoms with Crippen LogP contribution in [0.1, 0.15) is 24.2 Å². The summed E-state index contributed by atoms with van der Waals surface area (Å²) in [7, 11) is 0. The van der Waals surface area contributed by atoms with Crippen molar-refractivity contribution in [3.05, 3.63) is 47.8 Å². The van der Waals surface area contributed by atoms with E-state index in [9.17, 15) is 4.79 Å². The molecule has 1 aromatic heterocycles. The number of hydrogen-bond acceptors (Lipinski definition) is 5.